The lowest BCUT2D eigenvalue weighted by atomic mass is 9.98. The zero-order valence-corrected chi connectivity index (χ0v) is 11.1. The molecule has 1 atom stereocenters. The molecule has 0 unspecified atom stereocenters. The van der Waals surface area contributed by atoms with Gasteiger partial charge in [0.1, 0.15) is 0 Å². The summed E-state index contributed by atoms with van der Waals surface area (Å²) in [6.07, 6.45) is 2.95. The highest BCUT2D eigenvalue weighted by Crippen LogP contribution is 2.26. The Balaban J connectivity index is 2.28. The maximum Gasteiger partial charge on any atom is 0.237 e. The molecule has 0 amide bonds. The highest BCUT2D eigenvalue weighted by atomic mass is 32.2. The summed E-state index contributed by atoms with van der Waals surface area (Å²) in [6.45, 7) is 1.43. The maximum atomic E-state index is 12.1. The van der Waals surface area contributed by atoms with E-state index in [-0.39, 0.29) is 6.61 Å². The molecule has 0 aliphatic heterocycles. The fourth-order valence-corrected chi connectivity index (χ4v) is 3.40. The van der Waals surface area contributed by atoms with Crippen molar-refractivity contribution in [3.63, 3.8) is 0 Å². The Bertz CT molecular complexity index is 563. The van der Waals surface area contributed by atoms with Gasteiger partial charge in [-0.25, -0.2) is 13.1 Å². The van der Waals surface area contributed by atoms with E-state index in [9.17, 15) is 8.42 Å². The lowest BCUT2D eigenvalue weighted by Gasteiger charge is -2.18. The molecule has 1 aromatic rings. The third kappa shape index (κ3) is 2.80. The minimum atomic E-state index is -3.49. The number of aliphatic hydroxyl groups is 1. The van der Waals surface area contributed by atoms with E-state index < -0.39 is 16.1 Å². The molecule has 0 aromatic heterocycles. The second kappa shape index (κ2) is 5.22. The molecule has 1 aliphatic rings. The van der Waals surface area contributed by atoms with Crippen LogP contribution in [0.3, 0.4) is 0 Å². The van der Waals surface area contributed by atoms with Crippen molar-refractivity contribution in [2.75, 3.05) is 6.61 Å². The summed E-state index contributed by atoms with van der Waals surface area (Å²) in [4.78, 5) is 0.390. The molecule has 2 rings (SSSR count). The highest BCUT2D eigenvalue weighted by Gasteiger charge is 2.22. The first-order valence-electron chi connectivity index (χ1n) is 5.94. The van der Waals surface area contributed by atoms with Gasteiger partial charge in [0, 0.05) is 6.04 Å². The summed E-state index contributed by atoms with van der Waals surface area (Å²) < 4.78 is 26.6. The van der Waals surface area contributed by atoms with Gasteiger partial charge in [0.2, 0.25) is 10.0 Å². The molecule has 0 spiro atoms. The van der Waals surface area contributed by atoms with Crippen LogP contribution in [-0.2, 0) is 16.4 Å². The van der Waals surface area contributed by atoms with E-state index in [0.717, 1.165) is 12.0 Å². The Kier molecular flexibility index (Phi) is 3.85. The second-order valence-corrected chi connectivity index (χ2v) is 6.28. The third-order valence-electron chi connectivity index (χ3n) is 2.99. The average Bonchev–Trinajstić information content (AvgIpc) is 2.37. The summed E-state index contributed by atoms with van der Waals surface area (Å²) in [5.41, 5.74) is 2.13. The molecular weight excluding hydrogens is 250 g/mol. The zero-order valence-electron chi connectivity index (χ0n) is 10.3. The number of allylic oxidation sites excluding steroid dienone is 1. The molecule has 98 valence electrons. The number of sulfonamides is 1. The smallest absolute Gasteiger partial charge is 0.237 e. The molecular formula is C13H17NO3S. The van der Waals surface area contributed by atoms with E-state index in [1.54, 1.807) is 13.0 Å². The molecule has 5 heteroatoms. The number of aliphatic hydroxyl groups excluding tert-OH is 1. The van der Waals surface area contributed by atoms with E-state index in [1.807, 2.05) is 24.3 Å². The van der Waals surface area contributed by atoms with Crippen LogP contribution in [0.2, 0.25) is 0 Å². The Morgan fingerprint density at radius 1 is 1.33 bits per heavy atom. The molecule has 0 bridgehead atoms. The van der Waals surface area contributed by atoms with Crippen LogP contribution in [0.5, 0.6) is 0 Å². The number of fused-ring (bicyclic) bond motifs is 1. The average molecular weight is 267 g/mol. The number of rotatable bonds is 4. The lowest BCUT2D eigenvalue weighted by molar-refractivity contribution is 0.265. The van der Waals surface area contributed by atoms with Gasteiger partial charge in [0.05, 0.1) is 11.5 Å². The first kappa shape index (κ1) is 13.3. The van der Waals surface area contributed by atoms with E-state index in [2.05, 4.69) is 4.72 Å². The van der Waals surface area contributed by atoms with Crippen molar-refractivity contribution in [3.8, 4) is 0 Å². The zero-order chi connectivity index (χ0) is 13.2. The topological polar surface area (TPSA) is 66.4 Å². The Morgan fingerprint density at radius 2 is 2.06 bits per heavy atom. The van der Waals surface area contributed by atoms with Crippen molar-refractivity contribution in [1.29, 1.82) is 0 Å². The number of benzene rings is 1. The van der Waals surface area contributed by atoms with Gasteiger partial charge in [-0.1, -0.05) is 24.3 Å². The van der Waals surface area contributed by atoms with Crippen LogP contribution in [-0.4, -0.2) is 26.2 Å². The van der Waals surface area contributed by atoms with Crippen molar-refractivity contribution in [2.45, 2.75) is 25.8 Å². The Labute approximate surface area is 107 Å². The van der Waals surface area contributed by atoms with Crippen molar-refractivity contribution in [1.82, 2.24) is 4.72 Å². The first-order valence-corrected chi connectivity index (χ1v) is 7.43. The van der Waals surface area contributed by atoms with Gasteiger partial charge in [-0.2, -0.15) is 0 Å². The number of aryl methyl sites for hydroxylation is 1. The normalized spacial score (nSPS) is 16.9. The van der Waals surface area contributed by atoms with Gasteiger partial charge in [0.15, 0.2) is 0 Å². The van der Waals surface area contributed by atoms with Crippen LogP contribution in [0.15, 0.2) is 29.2 Å². The summed E-state index contributed by atoms with van der Waals surface area (Å²) in [5.74, 6) is 0. The van der Waals surface area contributed by atoms with E-state index >= 15 is 0 Å². The maximum absolute atomic E-state index is 12.1. The van der Waals surface area contributed by atoms with Gasteiger partial charge in [-0.3, -0.25) is 0 Å². The summed E-state index contributed by atoms with van der Waals surface area (Å²) in [6, 6.07) is 7.32. The molecule has 18 heavy (non-hydrogen) atoms. The molecule has 0 saturated carbocycles. The predicted octanol–water partition coefficient (Wildman–Crippen LogP) is 1.27. The molecule has 1 aliphatic carbocycles. The molecule has 0 fully saturated rings. The van der Waals surface area contributed by atoms with Crippen molar-refractivity contribution >= 4 is 16.1 Å². The monoisotopic (exact) mass is 267 g/mol. The van der Waals surface area contributed by atoms with Crippen LogP contribution in [0, 0.1) is 0 Å². The fourth-order valence-electron chi connectivity index (χ4n) is 2.00. The lowest BCUT2D eigenvalue weighted by Crippen LogP contribution is -2.36. The van der Waals surface area contributed by atoms with E-state index in [4.69, 9.17) is 5.11 Å². The van der Waals surface area contributed by atoms with Gasteiger partial charge in [0.25, 0.3) is 0 Å². The minimum absolute atomic E-state index is 0.205. The Hall–Kier alpha value is -1.17. The van der Waals surface area contributed by atoms with E-state index in [0.29, 0.717) is 11.3 Å². The second-order valence-electron chi connectivity index (χ2n) is 4.51. The van der Waals surface area contributed by atoms with Crippen LogP contribution >= 0.6 is 0 Å². The standard InChI is InChI=1S/C13H17NO3S/c1-10(9-15)14-18(16,17)13-7-6-11-4-2-3-5-12(11)8-13/h2-5,8,10,14-15H,6-7,9H2,1H3/t10-/m1/s1. The molecule has 0 saturated heterocycles. The molecule has 4 nitrogen and oxygen atoms in total. The van der Waals surface area contributed by atoms with Gasteiger partial charge < -0.3 is 5.11 Å². The van der Waals surface area contributed by atoms with Crippen LogP contribution in [0.4, 0.5) is 0 Å². The van der Waals surface area contributed by atoms with Crippen LogP contribution in [0.25, 0.3) is 6.08 Å². The van der Waals surface area contributed by atoms with Crippen molar-refractivity contribution < 1.29 is 13.5 Å². The third-order valence-corrected chi connectivity index (χ3v) is 4.71. The molecule has 0 heterocycles. The highest BCUT2D eigenvalue weighted by molar-refractivity contribution is 7.93. The van der Waals surface area contributed by atoms with Crippen LogP contribution in [0.1, 0.15) is 24.5 Å². The first-order chi connectivity index (χ1) is 8.53. The summed E-state index contributed by atoms with van der Waals surface area (Å²) >= 11 is 0. The number of hydrogen-bond acceptors (Lipinski definition) is 3. The summed E-state index contributed by atoms with van der Waals surface area (Å²) in [5, 5.41) is 8.91. The predicted molar refractivity (Wildman–Crippen MR) is 71.3 cm³/mol. The SMILES string of the molecule is C[C@H](CO)NS(=O)(=O)C1=Cc2ccccc2CC1. The van der Waals surface area contributed by atoms with Gasteiger partial charge in [-0.15, -0.1) is 0 Å². The minimum Gasteiger partial charge on any atom is -0.395 e. The number of hydrogen-bond donors (Lipinski definition) is 2. The fraction of sp³-hybridized carbons (Fsp3) is 0.385. The van der Waals surface area contributed by atoms with Crippen molar-refractivity contribution in [2.24, 2.45) is 0 Å². The van der Waals surface area contributed by atoms with Gasteiger partial charge >= 0.3 is 0 Å². The summed E-state index contributed by atoms with van der Waals surface area (Å²) in [7, 11) is -3.49. The largest absolute Gasteiger partial charge is 0.395 e. The molecule has 1 aromatic carbocycles. The van der Waals surface area contributed by atoms with Gasteiger partial charge in [-0.05, 0) is 37.0 Å². The van der Waals surface area contributed by atoms with Crippen LogP contribution < -0.4 is 4.72 Å². The molecule has 0 radical (unpaired) electrons. The molecule has 2 N–H and O–H groups in total. The van der Waals surface area contributed by atoms with Crippen molar-refractivity contribution in [3.05, 3.63) is 40.3 Å². The number of nitrogens with one attached hydrogen (secondary N) is 1. The Morgan fingerprint density at radius 3 is 2.78 bits per heavy atom. The quantitative estimate of drug-likeness (QED) is 0.863. The van der Waals surface area contributed by atoms with E-state index in [1.165, 1.54) is 5.56 Å².